The maximum atomic E-state index is 13.7. The molecule has 1 aliphatic heterocycles. The Labute approximate surface area is 107 Å². The summed E-state index contributed by atoms with van der Waals surface area (Å²) in [5, 5.41) is 0. The molecule has 1 heterocycles. The predicted octanol–water partition coefficient (Wildman–Crippen LogP) is 1.25. The van der Waals surface area contributed by atoms with Crippen molar-refractivity contribution in [1.82, 2.24) is 4.31 Å². The Kier molecular flexibility index (Phi) is 3.70. The Bertz CT molecular complexity index is 517. The molecule has 0 radical (unpaired) electrons. The fourth-order valence-corrected chi connectivity index (χ4v) is 3.93. The van der Waals surface area contributed by atoms with Gasteiger partial charge in [-0.1, -0.05) is 12.1 Å². The summed E-state index contributed by atoms with van der Waals surface area (Å²) >= 11 is 0. The number of rotatable bonds is 2. The minimum atomic E-state index is -3.74. The second kappa shape index (κ2) is 4.95. The lowest BCUT2D eigenvalue weighted by Gasteiger charge is -2.29. The van der Waals surface area contributed by atoms with Gasteiger partial charge in [-0.3, -0.25) is 0 Å². The molecule has 0 saturated carbocycles. The lowest BCUT2D eigenvalue weighted by Crippen LogP contribution is -2.43. The lowest BCUT2D eigenvalue weighted by molar-refractivity contribution is 0.318. The zero-order chi connectivity index (χ0) is 13.3. The topological polar surface area (TPSA) is 63.4 Å². The van der Waals surface area contributed by atoms with Gasteiger partial charge in [-0.2, -0.15) is 4.31 Å². The lowest BCUT2D eigenvalue weighted by atomic mass is 10.1. The molecule has 6 heteroatoms. The quantitative estimate of drug-likeness (QED) is 0.881. The smallest absolute Gasteiger partial charge is 0.246 e. The predicted molar refractivity (Wildman–Crippen MR) is 67.1 cm³/mol. The van der Waals surface area contributed by atoms with E-state index in [-0.39, 0.29) is 10.9 Å². The number of hydrogen-bond donors (Lipinski definition) is 1. The number of sulfonamides is 1. The zero-order valence-electron chi connectivity index (χ0n) is 10.3. The molecule has 0 aromatic heterocycles. The molecular weight excluding hydrogens is 255 g/mol. The summed E-state index contributed by atoms with van der Waals surface area (Å²) in [7, 11) is -3.74. The molecule has 2 N–H and O–H groups in total. The standard InChI is InChI=1S/C12H17FN2O2S/c1-9-3-2-4-11(13)12(9)18(16,17)15-7-5-10(14)6-8-15/h2-4,10H,5-8,14H2,1H3. The molecule has 1 saturated heterocycles. The molecule has 1 fully saturated rings. The average molecular weight is 272 g/mol. The summed E-state index contributed by atoms with van der Waals surface area (Å²) in [5.74, 6) is -0.690. The van der Waals surface area contributed by atoms with Crippen molar-refractivity contribution in [2.24, 2.45) is 5.73 Å². The van der Waals surface area contributed by atoms with Crippen LogP contribution in [0.4, 0.5) is 4.39 Å². The summed E-state index contributed by atoms with van der Waals surface area (Å²) in [5.41, 5.74) is 6.18. The monoisotopic (exact) mass is 272 g/mol. The van der Waals surface area contributed by atoms with E-state index in [0.717, 1.165) is 0 Å². The van der Waals surface area contributed by atoms with Gasteiger partial charge in [0.2, 0.25) is 10.0 Å². The molecule has 0 atom stereocenters. The minimum Gasteiger partial charge on any atom is -0.328 e. The maximum Gasteiger partial charge on any atom is 0.246 e. The number of benzene rings is 1. The minimum absolute atomic E-state index is 0.0400. The Morgan fingerprint density at radius 2 is 1.94 bits per heavy atom. The maximum absolute atomic E-state index is 13.7. The zero-order valence-corrected chi connectivity index (χ0v) is 11.1. The highest BCUT2D eigenvalue weighted by Crippen LogP contribution is 2.25. The fourth-order valence-electron chi connectivity index (χ4n) is 2.19. The van der Waals surface area contributed by atoms with Gasteiger partial charge in [0, 0.05) is 19.1 Å². The number of piperidine rings is 1. The normalized spacial score (nSPS) is 19.1. The molecule has 0 spiro atoms. The molecule has 0 amide bonds. The summed E-state index contributed by atoms with van der Waals surface area (Å²) in [6.45, 7) is 2.32. The van der Waals surface area contributed by atoms with Crippen LogP contribution in [0.15, 0.2) is 23.1 Å². The molecule has 18 heavy (non-hydrogen) atoms. The van der Waals surface area contributed by atoms with Crippen LogP contribution < -0.4 is 5.73 Å². The highest BCUT2D eigenvalue weighted by atomic mass is 32.2. The first kappa shape index (κ1) is 13.5. The van der Waals surface area contributed by atoms with E-state index >= 15 is 0 Å². The van der Waals surface area contributed by atoms with E-state index in [0.29, 0.717) is 31.5 Å². The number of nitrogens with two attached hydrogens (primary N) is 1. The molecular formula is C12H17FN2O2S. The SMILES string of the molecule is Cc1cccc(F)c1S(=O)(=O)N1CCC(N)CC1. The van der Waals surface area contributed by atoms with E-state index in [4.69, 9.17) is 5.73 Å². The molecule has 0 bridgehead atoms. The Morgan fingerprint density at radius 1 is 1.33 bits per heavy atom. The average Bonchev–Trinajstić information content (AvgIpc) is 2.29. The van der Waals surface area contributed by atoms with Crippen molar-refractivity contribution in [3.63, 3.8) is 0 Å². The van der Waals surface area contributed by atoms with E-state index < -0.39 is 15.8 Å². The molecule has 1 aromatic carbocycles. The van der Waals surface area contributed by atoms with Crippen LogP contribution >= 0.6 is 0 Å². The van der Waals surface area contributed by atoms with E-state index in [1.54, 1.807) is 13.0 Å². The molecule has 0 aliphatic carbocycles. The van der Waals surface area contributed by atoms with Gasteiger partial charge in [0.15, 0.2) is 0 Å². The molecule has 1 aliphatic rings. The van der Waals surface area contributed by atoms with E-state index in [1.807, 2.05) is 0 Å². The summed E-state index contributed by atoms with van der Waals surface area (Å²) in [4.78, 5) is -0.208. The van der Waals surface area contributed by atoms with Crippen molar-refractivity contribution in [3.05, 3.63) is 29.6 Å². The molecule has 4 nitrogen and oxygen atoms in total. The second-order valence-electron chi connectivity index (χ2n) is 4.63. The van der Waals surface area contributed by atoms with Crippen LogP contribution in [0.2, 0.25) is 0 Å². The van der Waals surface area contributed by atoms with Gasteiger partial charge in [0.1, 0.15) is 10.7 Å². The van der Waals surface area contributed by atoms with Crippen molar-refractivity contribution < 1.29 is 12.8 Å². The third-order valence-corrected chi connectivity index (χ3v) is 5.34. The third kappa shape index (κ3) is 2.41. The van der Waals surface area contributed by atoms with E-state index in [1.165, 1.54) is 16.4 Å². The number of nitrogens with zero attached hydrogens (tertiary/aromatic N) is 1. The van der Waals surface area contributed by atoms with Crippen molar-refractivity contribution in [2.45, 2.75) is 30.7 Å². The van der Waals surface area contributed by atoms with Crippen molar-refractivity contribution in [2.75, 3.05) is 13.1 Å². The van der Waals surface area contributed by atoms with Crippen LogP contribution in [0.5, 0.6) is 0 Å². The Morgan fingerprint density at radius 3 is 2.50 bits per heavy atom. The van der Waals surface area contributed by atoms with Crippen molar-refractivity contribution >= 4 is 10.0 Å². The van der Waals surface area contributed by atoms with Crippen molar-refractivity contribution in [3.8, 4) is 0 Å². The molecule has 0 unspecified atom stereocenters. The summed E-state index contributed by atoms with van der Waals surface area (Å²) in [6.07, 6.45) is 1.24. The van der Waals surface area contributed by atoms with Gasteiger partial charge >= 0.3 is 0 Å². The highest BCUT2D eigenvalue weighted by Gasteiger charge is 2.31. The van der Waals surface area contributed by atoms with Gasteiger partial charge in [-0.05, 0) is 31.4 Å². The summed E-state index contributed by atoms with van der Waals surface area (Å²) < 4.78 is 39.8. The fraction of sp³-hybridized carbons (Fsp3) is 0.500. The molecule has 2 rings (SSSR count). The highest BCUT2D eigenvalue weighted by molar-refractivity contribution is 7.89. The van der Waals surface area contributed by atoms with Crippen LogP contribution in [0.25, 0.3) is 0 Å². The first-order valence-corrected chi connectivity index (χ1v) is 7.38. The van der Waals surface area contributed by atoms with Crippen LogP contribution in [-0.4, -0.2) is 31.9 Å². The van der Waals surface area contributed by atoms with Crippen molar-refractivity contribution in [1.29, 1.82) is 0 Å². The van der Waals surface area contributed by atoms with Crippen LogP contribution in [0, 0.1) is 12.7 Å². The van der Waals surface area contributed by atoms with E-state index in [9.17, 15) is 12.8 Å². The van der Waals surface area contributed by atoms with Gasteiger partial charge < -0.3 is 5.73 Å². The first-order chi connectivity index (χ1) is 8.43. The van der Waals surface area contributed by atoms with Crippen LogP contribution in [0.3, 0.4) is 0 Å². The first-order valence-electron chi connectivity index (χ1n) is 5.94. The van der Waals surface area contributed by atoms with E-state index in [2.05, 4.69) is 0 Å². The second-order valence-corrected chi connectivity index (χ2v) is 6.50. The number of hydrogen-bond acceptors (Lipinski definition) is 3. The number of halogens is 1. The van der Waals surface area contributed by atoms with Crippen LogP contribution in [-0.2, 0) is 10.0 Å². The largest absolute Gasteiger partial charge is 0.328 e. The molecule has 100 valence electrons. The van der Waals surface area contributed by atoms with Gasteiger partial charge in [0.05, 0.1) is 0 Å². The van der Waals surface area contributed by atoms with Gasteiger partial charge in [-0.25, -0.2) is 12.8 Å². The Hall–Kier alpha value is -0.980. The Balaban J connectivity index is 2.37. The van der Waals surface area contributed by atoms with Crippen LogP contribution in [0.1, 0.15) is 18.4 Å². The van der Waals surface area contributed by atoms with Gasteiger partial charge in [-0.15, -0.1) is 0 Å². The third-order valence-electron chi connectivity index (χ3n) is 3.26. The summed E-state index contributed by atoms with van der Waals surface area (Å²) in [6, 6.07) is 4.33. The number of aryl methyl sites for hydroxylation is 1. The van der Waals surface area contributed by atoms with Gasteiger partial charge in [0.25, 0.3) is 0 Å². The molecule has 1 aromatic rings.